The molecule has 6 heteroatoms. The number of benzene rings is 3. The van der Waals surface area contributed by atoms with Gasteiger partial charge < -0.3 is 4.90 Å². The molecule has 0 atom stereocenters. The Hall–Kier alpha value is -2.86. The molecule has 0 saturated heterocycles. The van der Waals surface area contributed by atoms with Crippen molar-refractivity contribution in [1.29, 1.82) is 0 Å². The third kappa shape index (κ3) is 2.82. The van der Waals surface area contributed by atoms with E-state index in [0.717, 1.165) is 22.0 Å². The van der Waals surface area contributed by atoms with Gasteiger partial charge in [0.1, 0.15) is 0 Å². The fourth-order valence-corrected chi connectivity index (χ4v) is 4.52. The van der Waals surface area contributed by atoms with E-state index < -0.39 is 10.0 Å². The number of anilines is 2. The maximum absolute atomic E-state index is 12.9. The Balaban J connectivity index is 1.70. The minimum absolute atomic E-state index is 0.0340. The highest BCUT2D eigenvalue weighted by Gasteiger charge is 2.25. The first-order valence-electron chi connectivity index (χ1n) is 8.37. The van der Waals surface area contributed by atoms with Crippen molar-refractivity contribution >= 4 is 38.1 Å². The summed E-state index contributed by atoms with van der Waals surface area (Å²) in [7, 11) is -3.72. The zero-order valence-corrected chi connectivity index (χ0v) is 15.1. The van der Waals surface area contributed by atoms with E-state index in [4.69, 9.17) is 0 Å². The molecule has 26 heavy (non-hydrogen) atoms. The average Bonchev–Trinajstić information content (AvgIpc) is 3.05. The summed E-state index contributed by atoms with van der Waals surface area (Å²) in [6.45, 7) is 2.10. The maximum Gasteiger partial charge on any atom is 0.261 e. The SMILES string of the molecule is CC(=O)N1CCc2cc(S(=O)(=O)Nc3cccc4ccccc34)ccc21. The Morgan fingerprint density at radius 2 is 1.81 bits per heavy atom. The van der Waals surface area contributed by atoms with Crippen LogP contribution in [0.15, 0.2) is 65.6 Å². The lowest BCUT2D eigenvalue weighted by molar-refractivity contribution is -0.116. The molecule has 3 aromatic carbocycles. The monoisotopic (exact) mass is 366 g/mol. The first-order valence-corrected chi connectivity index (χ1v) is 9.86. The zero-order valence-electron chi connectivity index (χ0n) is 14.3. The van der Waals surface area contributed by atoms with Gasteiger partial charge in [0.05, 0.1) is 10.6 Å². The lowest BCUT2D eigenvalue weighted by Gasteiger charge is -2.15. The molecular weight excluding hydrogens is 348 g/mol. The molecule has 0 bridgehead atoms. The molecule has 0 aliphatic carbocycles. The molecule has 0 unspecified atom stereocenters. The van der Waals surface area contributed by atoms with E-state index in [1.807, 2.05) is 36.4 Å². The summed E-state index contributed by atoms with van der Waals surface area (Å²) in [6, 6.07) is 18.1. The summed E-state index contributed by atoms with van der Waals surface area (Å²) >= 11 is 0. The standard InChI is InChI=1S/C20H18N2O3S/c1-14(23)22-12-11-16-13-17(9-10-20(16)22)26(24,25)21-19-8-4-6-15-5-2-3-7-18(15)19/h2-10,13,21H,11-12H2,1H3. The molecule has 0 saturated carbocycles. The highest BCUT2D eigenvalue weighted by molar-refractivity contribution is 7.92. The molecule has 0 fully saturated rings. The Bertz CT molecular complexity index is 1120. The second-order valence-electron chi connectivity index (χ2n) is 6.34. The Kier molecular flexibility index (Phi) is 3.92. The number of carbonyl (C=O) groups is 1. The molecule has 1 aliphatic heterocycles. The minimum atomic E-state index is -3.72. The number of rotatable bonds is 3. The smallest absolute Gasteiger partial charge is 0.261 e. The lowest BCUT2D eigenvalue weighted by Crippen LogP contribution is -2.25. The lowest BCUT2D eigenvalue weighted by atomic mass is 10.1. The summed E-state index contributed by atoms with van der Waals surface area (Å²) in [4.78, 5) is 13.5. The van der Waals surface area contributed by atoms with Crippen LogP contribution in [0, 0.1) is 0 Å². The minimum Gasteiger partial charge on any atom is -0.312 e. The van der Waals surface area contributed by atoms with Crippen molar-refractivity contribution in [3.63, 3.8) is 0 Å². The van der Waals surface area contributed by atoms with Crippen LogP contribution in [0.1, 0.15) is 12.5 Å². The maximum atomic E-state index is 12.9. The topological polar surface area (TPSA) is 66.5 Å². The van der Waals surface area contributed by atoms with Gasteiger partial charge in [0.25, 0.3) is 10.0 Å². The summed E-state index contributed by atoms with van der Waals surface area (Å²) in [5, 5.41) is 1.82. The molecule has 1 aliphatic rings. The van der Waals surface area contributed by atoms with Crippen LogP contribution < -0.4 is 9.62 Å². The summed E-state index contributed by atoms with van der Waals surface area (Å²) in [5.41, 5.74) is 2.22. The van der Waals surface area contributed by atoms with Crippen molar-refractivity contribution in [2.75, 3.05) is 16.2 Å². The molecular formula is C20H18N2O3S. The predicted octanol–water partition coefficient (Wildman–Crippen LogP) is 3.55. The number of amides is 1. The molecule has 4 rings (SSSR count). The van der Waals surface area contributed by atoms with Gasteiger partial charge in [-0.3, -0.25) is 9.52 Å². The molecule has 0 radical (unpaired) electrons. The van der Waals surface area contributed by atoms with E-state index in [1.54, 1.807) is 29.2 Å². The molecule has 1 N–H and O–H groups in total. The number of nitrogens with zero attached hydrogens (tertiary/aromatic N) is 1. The quantitative estimate of drug-likeness (QED) is 0.771. The van der Waals surface area contributed by atoms with Crippen LogP contribution in [-0.4, -0.2) is 20.9 Å². The molecule has 0 spiro atoms. The fourth-order valence-electron chi connectivity index (χ4n) is 3.39. The molecule has 0 aromatic heterocycles. The van der Waals surface area contributed by atoms with Crippen molar-refractivity contribution in [2.45, 2.75) is 18.2 Å². The summed E-state index contributed by atoms with van der Waals surface area (Å²) < 4.78 is 28.4. The van der Waals surface area contributed by atoms with Gasteiger partial charge in [-0.25, -0.2) is 8.42 Å². The van der Waals surface area contributed by atoms with E-state index in [0.29, 0.717) is 18.7 Å². The Morgan fingerprint density at radius 1 is 1.04 bits per heavy atom. The van der Waals surface area contributed by atoms with Gasteiger partial charge in [-0.05, 0) is 41.6 Å². The number of hydrogen-bond acceptors (Lipinski definition) is 3. The van der Waals surface area contributed by atoms with Gasteiger partial charge in [-0.2, -0.15) is 0 Å². The van der Waals surface area contributed by atoms with Gasteiger partial charge in [0.15, 0.2) is 0 Å². The van der Waals surface area contributed by atoms with E-state index in [-0.39, 0.29) is 10.8 Å². The molecule has 1 heterocycles. The zero-order chi connectivity index (χ0) is 18.3. The average molecular weight is 366 g/mol. The number of nitrogens with one attached hydrogen (secondary N) is 1. The van der Waals surface area contributed by atoms with Gasteiger partial charge >= 0.3 is 0 Å². The largest absolute Gasteiger partial charge is 0.312 e. The van der Waals surface area contributed by atoms with E-state index in [9.17, 15) is 13.2 Å². The summed E-state index contributed by atoms with van der Waals surface area (Å²) in [5.74, 6) is -0.0340. The van der Waals surface area contributed by atoms with Crippen molar-refractivity contribution in [2.24, 2.45) is 0 Å². The van der Waals surface area contributed by atoms with Gasteiger partial charge in [-0.15, -0.1) is 0 Å². The highest BCUT2D eigenvalue weighted by Crippen LogP contribution is 2.31. The number of fused-ring (bicyclic) bond motifs is 2. The van der Waals surface area contributed by atoms with Crippen molar-refractivity contribution < 1.29 is 13.2 Å². The Labute approximate surface area is 152 Å². The van der Waals surface area contributed by atoms with Crippen LogP contribution in [0.4, 0.5) is 11.4 Å². The van der Waals surface area contributed by atoms with Crippen LogP contribution in [0.2, 0.25) is 0 Å². The fraction of sp³-hybridized carbons (Fsp3) is 0.150. The van der Waals surface area contributed by atoms with Gasteiger partial charge in [0.2, 0.25) is 5.91 Å². The third-order valence-corrected chi connectivity index (χ3v) is 6.03. The normalized spacial score (nSPS) is 13.7. The van der Waals surface area contributed by atoms with Crippen molar-refractivity contribution in [3.05, 3.63) is 66.2 Å². The van der Waals surface area contributed by atoms with Crippen LogP contribution in [0.5, 0.6) is 0 Å². The molecule has 5 nitrogen and oxygen atoms in total. The number of hydrogen-bond donors (Lipinski definition) is 1. The van der Waals surface area contributed by atoms with Crippen LogP contribution >= 0.6 is 0 Å². The van der Waals surface area contributed by atoms with E-state index in [1.165, 1.54) is 6.92 Å². The highest BCUT2D eigenvalue weighted by atomic mass is 32.2. The Morgan fingerprint density at radius 3 is 2.62 bits per heavy atom. The first-order chi connectivity index (χ1) is 12.5. The van der Waals surface area contributed by atoms with Crippen molar-refractivity contribution in [3.8, 4) is 0 Å². The predicted molar refractivity (Wildman–Crippen MR) is 103 cm³/mol. The molecule has 3 aromatic rings. The first kappa shape index (κ1) is 16.6. The van der Waals surface area contributed by atoms with Crippen LogP contribution in [-0.2, 0) is 21.2 Å². The van der Waals surface area contributed by atoms with Gasteiger partial charge in [0, 0.05) is 24.5 Å². The van der Waals surface area contributed by atoms with E-state index in [2.05, 4.69) is 4.72 Å². The van der Waals surface area contributed by atoms with E-state index >= 15 is 0 Å². The second-order valence-corrected chi connectivity index (χ2v) is 8.03. The number of sulfonamides is 1. The van der Waals surface area contributed by atoms with Crippen LogP contribution in [0.25, 0.3) is 10.8 Å². The van der Waals surface area contributed by atoms with Gasteiger partial charge in [-0.1, -0.05) is 36.4 Å². The number of carbonyl (C=O) groups excluding carboxylic acids is 1. The second kappa shape index (κ2) is 6.14. The molecule has 132 valence electrons. The van der Waals surface area contributed by atoms with Crippen LogP contribution in [0.3, 0.4) is 0 Å². The van der Waals surface area contributed by atoms with Crippen molar-refractivity contribution in [1.82, 2.24) is 0 Å². The third-order valence-electron chi connectivity index (χ3n) is 4.67. The molecule has 1 amide bonds. The summed E-state index contributed by atoms with van der Waals surface area (Å²) in [6.07, 6.45) is 0.659.